The van der Waals surface area contributed by atoms with Crippen molar-refractivity contribution in [3.8, 4) is 5.75 Å². The van der Waals surface area contributed by atoms with E-state index in [-0.39, 0.29) is 17.4 Å². The summed E-state index contributed by atoms with van der Waals surface area (Å²) in [7, 11) is 0. The van der Waals surface area contributed by atoms with Gasteiger partial charge in [-0.05, 0) is 25.0 Å². The quantitative estimate of drug-likeness (QED) is 0.730. The Bertz CT molecular complexity index is 401. The molecule has 0 saturated carbocycles. The lowest BCUT2D eigenvalue weighted by atomic mass is 9.97. The maximum Gasteiger partial charge on any atom is 0.339 e. The molecule has 0 saturated heterocycles. The van der Waals surface area contributed by atoms with Gasteiger partial charge in [-0.2, -0.15) is 0 Å². The second kappa shape index (κ2) is 4.99. The van der Waals surface area contributed by atoms with Crippen molar-refractivity contribution in [2.45, 2.75) is 32.7 Å². The van der Waals surface area contributed by atoms with Crippen LogP contribution in [0.25, 0.3) is 0 Å². The molecule has 0 heterocycles. The molecule has 0 aliphatic rings. The number of aryl methyl sites for hydroxylation is 1. The van der Waals surface area contributed by atoms with Crippen LogP contribution in [0.15, 0.2) is 12.1 Å². The third kappa shape index (κ3) is 2.52. The highest BCUT2D eigenvalue weighted by Crippen LogP contribution is 2.30. The molecule has 0 radical (unpaired) electrons. The zero-order valence-corrected chi connectivity index (χ0v) is 9.53. The topological polar surface area (TPSA) is 83.6 Å². The molecule has 0 amide bonds. The van der Waals surface area contributed by atoms with E-state index in [9.17, 15) is 9.90 Å². The van der Waals surface area contributed by atoms with E-state index in [0.717, 1.165) is 18.4 Å². The van der Waals surface area contributed by atoms with E-state index >= 15 is 0 Å². The number of carboxylic acid groups (broad SMARTS) is 1. The summed E-state index contributed by atoms with van der Waals surface area (Å²) in [6.07, 6.45) is 1.60. The van der Waals surface area contributed by atoms with E-state index in [1.807, 2.05) is 6.92 Å². The Morgan fingerprint density at radius 2 is 2.12 bits per heavy atom. The van der Waals surface area contributed by atoms with Gasteiger partial charge in [-0.25, -0.2) is 4.79 Å². The third-order valence-electron chi connectivity index (χ3n) is 2.51. The van der Waals surface area contributed by atoms with Gasteiger partial charge >= 0.3 is 5.97 Å². The summed E-state index contributed by atoms with van der Waals surface area (Å²) < 4.78 is 0. The van der Waals surface area contributed by atoms with Crippen molar-refractivity contribution in [3.05, 3.63) is 28.8 Å². The first-order chi connectivity index (χ1) is 7.47. The average Bonchev–Trinajstić information content (AvgIpc) is 2.20. The van der Waals surface area contributed by atoms with Crippen LogP contribution >= 0.6 is 0 Å². The molecular formula is C12H17NO3. The zero-order chi connectivity index (χ0) is 12.3. The highest BCUT2D eigenvalue weighted by atomic mass is 16.4. The number of nitrogens with two attached hydrogens (primary N) is 1. The van der Waals surface area contributed by atoms with Crippen molar-refractivity contribution in [3.63, 3.8) is 0 Å². The molecule has 0 fully saturated rings. The van der Waals surface area contributed by atoms with Crippen molar-refractivity contribution < 1.29 is 15.0 Å². The van der Waals surface area contributed by atoms with Gasteiger partial charge in [0.2, 0.25) is 0 Å². The molecule has 16 heavy (non-hydrogen) atoms. The molecule has 88 valence electrons. The molecule has 0 bridgehead atoms. The molecular weight excluding hydrogens is 206 g/mol. The lowest BCUT2D eigenvalue weighted by molar-refractivity contribution is 0.0693. The smallest absolute Gasteiger partial charge is 0.339 e. The summed E-state index contributed by atoms with van der Waals surface area (Å²) in [6.45, 7) is 3.78. The molecule has 0 unspecified atom stereocenters. The van der Waals surface area contributed by atoms with Crippen LogP contribution in [0.2, 0.25) is 0 Å². The minimum atomic E-state index is -1.13. The first kappa shape index (κ1) is 12.5. The number of aromatic carboxylic acids is 1. The van der Waals surface area contributed by atoms with E-state index in [2.05, 4.69) is 0 Å². The van der Waals surface area contributed by atoms with Crippen LogP contribution in [0.3, 0.4) is 0 Å². The van der Waals surface area contributed by atoms with Gasteiger partial charge in [0.15, 0.2) is 0 Å². The SMILES string of the molecule is CCC[C@@H](N)c1cc(C)cc(C(=O)O)c1O. The van der Waals surface area contributed by atoms with Crippen LogP contribution in [0.4, 0.5) is 0 Å². The van der Waals surface area contributed by atoms with Gasteiger partial charge in [0, 0.05) is 11.6 Å². The Kier molecular flexibility index (Phi) is 3.90. The summed E-state index contributed by atoms with van der Waals surface area (Å²) in [5.41, 5.74) is 7.11. The Hall–Kier alpha value is -1.55. The number of rotatable bonds is 4. The fraction of sp³-hybridized carbons (Fsp3) is 0.417. The van der Waals surface area contributed by atoms with Gasteiger partial charge in [0.1, 0.15) is 11.3 Å². The van der Waals surface area contributed by atoms with E-state index in [1.165, 1.54) is 6.07 Å². The number of carbonyl (C=O) groups is 1. The summed E-state index contributed by atoms with van der Waals surface area (Å²) in [6, 6.07) is 2.87. The van der Waals surface area contributed by atoms with Crippen molar-refractivity contribution in [1.82, 2.24) is 0 Å². The standard InChI is InChI=1S/C12H17NO3/c1-3-4-10(13)8-5-7(2)6-9(11(8)14)12(15)16/h5-6,10,14H,3-4,13H2,1-2H3,(H,15,16)/t10-/m1/s1. The fourth-order valence-corrected chi connectivity index (χ4v) is 1.72. The van der Waals surface area contributed by atoms with Crippen molar-refractivity contribution in [2.24, 2.45) is 5.73 Å². The molecule has 4 N–H and O–H groups in total. The zero-order valence-electron chi connectivity index (χ0n) is 9.53. The predicted octanol–water partition coefficient (Wildman–Crippen LogP) is 2.20. The Morgan fingerprint density at radius 1 is 1.50 bits per heavy atom. The van der Waals surface area contributed by atoms with Crippen LogP contribution in [-0.4, -0.2) is 16.2 Å². The summed E-state index contributed by atoms with van der Waals surface area (Å²) in [5.74, 6) is -1.34. The van der Waals surface area contributed by atoms with Crippen LogP contribution in [0.5, 0.6) is 5.75 Å². The number of hydrogen-bond acceptors (Lipinski definition) is 3. The normalized spacial score (nSPS) is 12.4. The number of benzene rings is 1. The number of aromatic hydroxyl groups is 1. The molecule has 1 aromatic carbocycles. The van der Waals surface area contributed by atoms with Crippen LogP contribution in [0, 0.1) is 6.92 Å². The van der Waals surface area contributed by atoms with Gasteiger partial charge in [-0.1, -0.05) is 19.4 Å². The van der Waals surface area contributed by atoms with Crippen molar-refractivity contribution >= 4 is 5.97 Å². The lowest BCUT2D eigenvalue weighted by Gasteiger charge is -2.15. The molecule has 0 spiro atoms. The van der Waals surface area contributed by atoms with Crippen molar-refractivity contribution in [2.75, 3.05) is 0 Å². The highest BCUT2D eigenvalue weighted by Gasteiger charge is 2.18. The minimum Gasteiger partial charge on any atom is -0.507 e. The first-order valence-corrected chi connectivity index (χ1v) is 5.29. The highest BCUT2D eigenvalue weighted by molar-refractivity contribution is 5.91. The molecule has 0 aliphatic heterocycles. The van der Waals surface area contributed by atoms with Gasteiger partial charge in [0.25, 0.3) is 0 Å². The van der Waals surface area contributed by atoms with Gasteiger partial charge in [-0.3, -0.25) is 0 Å². The maximum absolute atomic E-state index is 10.9. The van der Waals surface area contributed by atoms with Crippen LogP contribution in [-0.2, 0) is 0 Å². The molecule has 0 aromatic heterocycles. The van der Waals surface area contributed by atoms with E-state index < -0.39 is 5.97 Å². The third-order valence-corrected chi connectivity index (χ3v) is 2.51. The molecule has 1 rings (SSSR count). The van der Waals surface area contributed by atoms with E-state index in [0.29, 0.717) is 5.56 Å². The predicted molar refractivity (Wildman–Crippen MR) is 61.6 cm³/mol. The molecule has 4 nitrogen and oxygen atoms in total. The van der Waals surface area contributed by atoms with Crippen LogP contribution < -0.4 is 5.73 Å². The fourth-order valence-electron chi connectivity index (χ4n) is 1.72. The molecule has 4 heteroatoms. The van der Waals surface area contributed by atoms with Crippen LogP contribution in [0.1, 0.15) is 47.3 Å². The van der Waals surface area contributed by atoms with Crippen molar-refractivity contribution in [1.29, 1.82) is 0 Å². The average molecular weight is 223 g/mol. The Labute approximate surface area is 94.7 Å². The molecule has 1 aromatic rings. The van der Waals surface area contributed by atoms with Gasteiger partial charge in [-0.15, -0.1) is 0 Å². The Morgan fingerprint density at radius 3 is 2.62 bits per heavy atom. The summed E-state index contributed by atoms with van der Waals surface area (Å²) in [5, 5.41) is 18.7. The first-order valence-electron chi connectivity index (χ1n) is 5.29. The largest absolute Gasteiger partial charge is 0.507 e. The summed E-state index contributed by atoms with van der Waals surface area (Å²) in [4.78, 5) is 10.9. The number of carboxylic acids is 1. The maximum atomic E-state index is 10.9. The lowest BCUT2D eigenvalue weighted by Crippen LogP contribution is -2.12. The number of hydrogen-bond donors (Lipinski definition) is 3. The van der Waals surface area contributed by atoms with E-state index in [4.69, 9.17) is 10.8 Å². The number of phenols is 1. The second-order valence-electron chi connectivity index (χ2n) is 3.95. The van der Waals surface area contributed by atoms with E-state index in [1.54, 1.807) is 13.0 Å². The molecule has 0 aliphatic carbocycles. The van der Waals surface area contributed by atoms with Gasteiger partial charge in [0.05, 0.1) is 0 Å². The minimum absolute atomic E-state index is 0.0819. The molecule has 1 atom stereocenters. The Balaban J connectivity index is 3.23. The van der Waals surface area contributed by atoms with Gasteiger partial charge < -0.3 is 15.9 Å². The monoisotopic (exact) mass is 223 g/mol. The summed E-state index contributed by atoms with van der Waals surface area (Å²) >= 11 is 0. The second-order valence-corrected chi connectivity index (χ2v) is 3.95.